The highest BCUT2D eigenvalue weighted by atomic mass is 16.3. The van der Waals surface area contributed by atoms with Crippen LogP contribution in [0.1, 0.15) is 56.1 Å². The number of aromatic nitrogens is 2. The molecule has 2 aliphatic rings. The molecule has 3 aromatic heterocycles. The van der Waals surface area contributed by atoms with Gasteiger partial charge in [-0.05, 0) is 61.1 Å². The van der Waals surface area contributed by atoms with Gasteiger partial charge in [-0.25, -0.2) is 0 Å². The predicted octanol–water partition coefficient (Wildman–Crippen LogP) is 4.50. The van der Waals surface area contributed by atoms with Gasteiger partial charge in [-0.15, -0.1) is 0 Å². The van der Waals surface area contributed by atoms with E-state index in [0.717, 1.165) is 24.1 Å². The number of rotatable bonds is 5. The van der Waals surface area contributed by atoms with Gasteiger partial charge in [-0.2, -0.15) is 0 Å². The molecule has 1 N–H and O–H groups in total. The number of pyridine rings is 1. The van der Waals surface area contributed by atoms with Crippen molar-refractivity contribution in [2.45, 2.75) is 64.7 Å². The highest BCUT2D eigenvalue weighted by molar-refractivity contribution is 6.00. The third-order valence-electron chi connectivity index (χ3n) is 7.86. The Kier molecular flexibility index (Phi) is 5.80. The number of carbonyl (C=O) groups excluding carboxylic acids is 2. The lowest BCUT2D eigenvalue weighted by Crippen LogP contribution is -2.65. The average molecular weight is 461 g/mol. The van der Waals surface area contributed by atoms with Crippen LogP contribution in [0, 0.1) is 11.8 Å². The van der Waals surface area contributed by atoms with Crippen LogP contribution in [-0.4, -0.2) is 37.8 Å². The number of nitrogens with zero attached hydrogens (tertiary/aromatic N) is 3. The number of fused-ring (bicyclic) bond motifs is 1. The Bertz CT molecular complexity index is 1170. The largest absolute Gasteiger partial charge is 0.463 e. The molecule has 34 heavy (non-hydrogen) atoms. The minimum absolute atomic E-state index is 0.110. The molecule has 7 heteroatoms. The molecule has 3 aromatic rings. The van der Waals surface area contributed by atoms with E-state index in [4.69, 9.17) is 4.42 Å². The van der Waals surface area contributed by atoms with Crippen molar-refractivity contribution in [3.8, 4) is 11.5 Å². The van der Waals surface area contributed by atoms with Gasteiger partial charge in [-0.3, -0.25) is 14.6 Å². The second-order valence-corrected chi connectivity index (χ2v) is 10.0. The van der Waals surface area contributed by atoms with Crippen molar-refractivity contribution in [1.29, 1.82) is 0 Å². The maximum atomic E-state index is 14.0. The topological polar surface area (TPSA) is 80.4 Å². The zero-order chi connectivity index (χ0) is 23.9. The summed E-state index contributed by atoms with van der Waals surface area (Å²) in [6.45, 7) is 7.01. The van der Waals surface area contributed by atoms with E-state index in [-0.39, 0.29) is 17.9 Å². The van der Waals surface area contributed by atoms with Gasteiger partial charge >= 0.3 is 0 Å². The van der Waals surface area contributed by atoms with Gasteiger partial charge in [-0.1, -0.05) is 32.8 Å². The van der Waals surface area contributed by atoms with E-state index in [0.29, 0.717) is 36.4 Å². The smallest absolute Gasteiger partial charge is 0.271 e. The van der Waals surface area contributed by atoms with Gasteiger partial charge < -0.3 is 19.2 Å². The quantitative estimate of drug-likeness (QED) is 0.608. The zero-order valence-electron chi connectivity index (χ0n) is 20.0. The lowest BCUT2D eigenvalue weighted by molar-refractivity contribution is -0.134. The summed E-state index contributed by atoms with van der Waals surface area (Å²) in [7, 11) is 0. The van der Waals surface area contributed by atoms with Crippen molar-refractivity contribution >= 4 is 11.8 Å². The molecule has 1 fully saturated rings. The molecule has 2 amide bonds. The Morgan fingerprint density at radius 2 is 2.00 bits per heavy atom. The summed E-state index contributed by atoms with van der Waals surface area (Å²) >= 11 is 0. The zero-order valence-corrected chi connectivity index (χ0v) is 20.0. The molecular weight excluding hydrogens is 428 g/mol. The molecule has 4 unspecified atom stereocenters. The fourth-order valence-electron chi connectivity index (χ4n) is 5.44. The Morgan fingerprint density at radius 1 is 1.18 bits per heavy atom. The summed E-state index contributed by atoms with van der Waals surface area (Å²) in [4.78, 5) is 33.7. The summed E-state index contributed by atoms with van der Waals surface area (Å²) < 4.78 is 7.55. The first-order valence-corrected chi connectivity index (χ1v) is 12.1. The van der Waals surface area contributed by atoms with Crippen LogP contribution >= 0.6 is 0 Å². The minimum Gasteiger partial charge on any atom is -0.463 e. The van der Waals surface area contributed by atoms with Crippen LogP contribution in [0.5, 0.6) is 0 Å². The second-order valence-electron chi connectivity index (χ2n) is 10.0. The van der Waals surface area contributed by atoms with Crippen LogP contribution in [0.4, 0.5) is 0 Å². The molecule has 1 saturated carbocycles. The van der Waals surface area contributed by atoms with Crippen molar-refractivity contribution in [2.24, 2.45) is 11.8 Å². The van der Waals surface area contributed by atoms with Crippen LogP contribution in [0.2, 0.25) is 0 Å². The predicted molar refractivity (Wildman–Crippen MR) is 129 cm³/mol. The van der Waals surface area contributed by atoms with E-state index in [1.807, 2.05) is 47.9 Å². The van der Waals surface area contributed by atoms with E-state index in [2.05, 4.69) is 24.1 Å². The Hall–Kier alpha value is -3.35. The first kappa shape index (κ1) is 22.4. The maximum Gasteiger partial charge on any atom is 0.271 e. The van der Waals surface area contributed by atoms with Crippen LogP contribution in [-0.2, 0) is 17.9 Å². The SMILES string of the molecule is CC1CCCC(NC(=O)C2(C)Cn3c(ccc3-c3ccco3)C(=O)N2Cc2cccnc2)C1C. The maximum absolute atomic E-state index is 14.0. The Labute approximate surface area is 200 Å². The van der Waals surface area contributed by atoms with E-state index < -0.39 is 5.54 Å². The highest BCUT2D eigenvalue weighted by Crippen LogP contribution is 2.35. The van der Waals surface area contributed by atoms with Crippen molar-refractivity contribution in [2.75, 3.05) is 0 Å². The van der Waals surface area contributed by atoms with E-state index in [9.17, 15) is 9.59 Å². The second kappa shape index (κ2) is 8.78. The monoisotopic (exact) mass is 460 g/mol. The summed E-state index contributed by atoms with van der Waals surface area (Å²) in [6.07, 6.45) is 8.34. The summed E-state index contributed by atoms with van der Waals surface area (Å²) in [5.41, 5.74) is 1.18. The van der Waals surface area contributed by atoms with Crippen LogP contribution in [0.25, 0.3) is 11.5 Å². The number of furan rings is 1. The van der Waals surface area contributed by atoms with Crippen LogP contribution in [0.3, 0.4) is 0 Å². The van der Waals surface area contributed by atoms with Gasteiger partial charge in [0.15, 0.2) is 0 Å². The molecular formula is C27H32N4O3. The number of carbonyl (C=O) groups is 2. The Balaban J connectivity index is 1.52. The van der Waals surface area contributed by atoms with Gasteiger partial charge in [0.25, 0.3) is 5.91 Å². The fraction of sp³-hybridized carbons (Fsp3) is 0.444. The normalized spacial score (nSPS) is 26.9. The average Bonchev–Trinajstić information content (AvgIpc) is 3.50. The molecule has 0 spiro atoms. The lowest BCUT2D eigenvalue weighted by Gasteiger charge is -2.46. The van der Waals surface area contributed by atoms with Gasteiger partial charge in [0.05, 0.1) is 18.5 Å². The molecule has 0 radical (unpaired) electrons. The summed E-state index contributed by atoms with van der Waals surface area (Å²) in [5, 5.41) is 3.34. The number of hydrogen-bond donors (Lipinski definition) is 1. The minimum atomic E-state index is -1.07. The summed E-state index contributed by atoms with van der Waals surface area (Å²) in [5.74, 6) is 1.36. The lowest BCUT2D eigenvalue weighted by atomic mass is 9.77. The van der Waals surface area contributed by atoms with Gasteiger partial charge in [0, 0.05) is 25.0 Å². The molecule has 0 aromatic carbocycles. The first-order chi connectivity index (χ1) is 16.4. The standard InChI is InChI=1S/C27H32N4O3/c1-18-7-4-9-21(19(18)2)29-26(33)27(3)17-30-22(24-10-6-14-34-24)11-12-23(30)25(32)31(27)16-20-8-5-13-28-15-20/h5-6,8,10-15,18-19,21H,4,7,9,16-17H2,1-3H3,(H,29,33). The molecule has 4 heterocycles. The van der Waals surface area contributed by atoms with Crippen LogP contribution in [0.15, 0.2) is 59.5 Å². The molecule has 178 valence electrons. The first-order valence-electron chi connectivity index (χ1n) is 12.1. The van der Waals surface area contributed by atoms with Crippen molar-refractivity contribution in [3.05, 3.63) is 66.3 Å². The fourth-order valence-corrected chi connectivity index (χ4v) is 5.44. The highest BCUT2D eigenvalue weighted by Gasteiger charge is 2.48. The van der Waals surface area contributed by atoms with Gasteiger partial charge in [0.2, 0.25) is 5.91 Å². The van der Waals surface area contributed by atoms with E-state index >= 15 is 0 Å². The molecule has 7 nitrogen and oxygen atoms in total. The molecule has 5 rings (SSSR count). The Morgan fingerprint density at radius 3 is 2.74 bits per heavy atom. The van der Waals surface area contributed by atoms with Crippen molar-refractivity contribution in [3.63, 3.8) is 0 Å². The van der Waals surface area contributed by atoms with Gasteiger partial charge in [0.1, 0.15) is 17.0 Å². The van der Waals surface area contributed by atoms with Crippen LogP contribution < -0.4 is 5.32 Å². The third-order valence-corrected chi connectivity index (χ3v) is 7.86. The molecule has 1 aliphatic heterocycles. The van der Waals surface area contributed by atoms with Crippen molar-refractivity contribution in [1.82, 2.24) is 19.8 Å². The van der Waals surface area contributed by atoms with E-state index in [1.165, 1.54) is 6.42 Å². The van der Waals surface area contributed by atoms with Crippen molar-refractivity contribution < 1.29 is 14.0 Å². The van der Waals surface area contributed by atoms with E-state index in [1.54, 1.807) is 23.6 Å². The third kappa shape index (κ3) is 3.83. The summed E-state index contributed by atoms with van der Waals surface area (Å²) in [6, 6.07) is 11.3. The molecule has 4 atom stereocenters. The number of nitrogens with one attached hydrogen (secondary N) is 1. The molecule has 0 bridgehead atoms. The number of amides is 2. The molecule has 1 aliphatic carbocycles. The molecule has 0 saturated heterocycles. The number of hydrogen-bond acceptors (Lipinski definition) is 4.